The first kappa shape index (κ1) is 10.5. The number of hydrogen-bond donors (Lipinski definition) is 2. The molecule has 1 rings (SSSR count). The minimum absolute atomic E-state index is 0.502. The Morgan fingerprint density at radius 1 is 1.62 bits per heavy atom. The molecule has 1 aliphatic rings. The maximum atomic E-state index is 10.5. The summed E-state index contributed by atoms with van der Waals surface area (Å²) in [6, 6.07) is -0.673. The van der Waals surface area contributed by atoms with Crippen molar-refractivity contribution in [3.63, 3.8) is 0 Å². The Morgan fingerprint density at radius 3 is 2.62 bits per heavy atom. The second-order valence-corrected chi connectivity index (χ2v) is 3.93. The first-order chi connectivity index (χ1) is 6.09. The zero-order valence-corrected chi connectivity index (χ0v) is 8.07. The van der Waals surface area contributed by atoms with Crippen LogP contribution < -0.4 is 5.73 Å². The average Bonchev–Trinajstić information content (AvgIpc) is 2.08. The molecule has 3 N–H and O–H groups in total. The third kappa shape index (κ3) is 3.32. The Balaban J connectivity index is 2.26. The van der Waals surface area contributed by atoms with Crippen molar-refractivity contribution in [1.29, 1.82) is 0 Å². The lowest BCUT2D eigenvalue weighted by Gasteiger charge is -2.29. The van der Waals surface area contributed by atoms with Crippen LogP contribution in [0.15, 0.2) is 0 Å². The summed E-state index contributed by atoms with van der Waals surface area (Å²) >= 11 is 0. The molecule has 1 saturated heterocycles. The standard InChI is InChI=1S/C9H18N2O2/c1-11-4-2-7(3-5-11)6-8(10)9(12)13/h7-8H,2-6,10H2,1H3,(H,12,13). The summed E-state index contributed by atoms with van der Waals surface area (Å²) in [6.07, 6.45) is 2.79. The third-order valence-corrected chi connectivity index (χ3v) is 2.74. The van der Waals surface area contributed by atoms with E-state index in [2.05, 4.69) is 11.9 Å². The molecule has 1 unspecified atom stereocenters. The van der Waals surface area contributed by atoms with E-state index in [1.165, 1.54) is 0 Å². The highest BCUT2D eigenvalue weighted by Gasteiger charge is 2.21. The summed E-state index contributed by atoms with van der Waals surface area (Å²) in [7, 11) is 2.09. The van der Waals surface area contributed by atoms with E-state index in [-0.39, 0.29) is 0 Å². The molecule has 0 aromatic rings. The molecule has 0 radical (unpaired) electrons. The highest BCUT2D eigenvalue weighted by atomic mass is 16.4. The Labute approximate surface area is 78.7 Å². The van der Waals surface area contributed by atoms with Crippen LogP contribution in [0.2, 0.25) is 0 Å². The number of nitrogens with two attached hydrogens (primary N) is 1. The van der Waals surface area contributed by atoms with Gasteiger partial charge in [0.2, 0.25) is 0 Å². The van der Waals surface area contributed by atoms with E-state index < -0.39 is 12.0 Å². The fourth-order valence-corrected chi connectivity index (χ4v) is 1.76. The van der Waals surface area contributed by atoms with Gasteiger partial charge in [-0.05, 0) is 45.3 Å². The first-order valence-corrected chi connectivity index (χ1v) is 4.76. The van der Waals surface area contributed by atoms with Gasteiger partial charge in [0.25, 0.3) is 0 Å². The monoisotopic (exact) mass is 186 g/mol. The Morgan fingerprint density at radius 2 is 2.15 bits per heavy atom. The number of piperidine rings is 1. The van der Waals surface area contributed by atoms with Crippen LogP contribution in [-0.2, 0) is 4.79 Å². The Kier molecular flexibility index (Phi) is 3.69. The summed E-state index contributed by atoms with van der Waals surface area (Å²) in [5, 5.41) is 8.63. The zero-order chi connectivity index (χ0) is 9.84. The van der Waals surface area contributed by atoms with E-state index in [0.717, 1.165) is 25.9 Å². The fraction of sp³-hybridized carbons (Fsp3) is 0.889. The van der Waals surface area contributed by atoms with Crippen LogP contribution in [0.4, 0.5) is 0 Å². The van der Waals surface area contributed by atoms with Gasteiger partial charge in [0.1, 0.15) is 6.04 Å². The molecule has 0 saturated carbocycles. The molecule has 0 bridgehead atoms. The lowest BCUT2D eigenvalue weighted by molar-refractivity contribution is -0.139. The van der Waals surface area contributed by atoms with Gasteiger partial charge in [-0.25, -0.2) is 0 Å². The van der Waals surface area contributed by atoms with Crippen molar-refractivity contribution in [2.24, 2.45) is 11.7 Å². The van der Waals surface area contributed by atoms with Crippen molar-refractivity contribution < 1.29 is 9.90 Å². The number of nitrogens with zero attached hydrogens (tertiary/aromatic N) is 1. The highest BCUT2D eigenvalue weighted by molar-refractivity contribution is 5.73. The second-order valence-electron chi connectivity index (χ2n) is 3.93. The minimum Gasteiger partial charge on any atom is -0.480 e. The molecule has 0 amide bonds. The predicted octanol–water partition coefficient (Wildman–Crippen LogP) is 0.130. The van der Waals surface area contributed by atoms with Crippen LogP contribution in [0, 0.1) is 5.92 Å². The van der Waals surface area contributed by atoms with E-state index in [1.807, 2.05) is 0 Å². The SMILES string of the molecule is CN1CCC(CC(N)C(=O)O)CC1. The molecule has 4 heteroatoms. The minimum atomic E-state index is -0.876. The molecule has 0 aromatic carbocycles. The fourth-order valence-electron chi connectivity index (χ4n) is 1.76. The maximum Gasteiger partial charge on any atom is 0.320 e. The normalized spacial score (nSPS) is 22.9. The number of carboxylic acids is 1. The van der Waals surface area contributed by atoms with Crippen LogP contribution >= 0.6 is 0 Å². The van der Waals surface area contributed by atoms with Crippen LogP contribution in [0.5, 0.6) is 0 Å². The summed E-state index contributed by atoms with van der Waals surface area (Å²) in [6.45, 7) is 2.13. The Bertz CT molecular complexity index is 176. The van der Waals surface area contributed by atoms with Crippen molar-refractivity contribution in [3.05, 3.63) is 0 Å². The van der Waals surface area contributed by atoms with Gasteiger partial charge in [0.15, 0.2) is 0 Å². The van der Waals surface area contributed by atoms with E-state index in [1.54, 1.807) is 0 Å². The van der Waals surface area contributed by atoms with Crippen LogP contribution in [-0.4, -0.2) is 42.2 Å². The lowest BCUT2D eigenvalue weighted by Crippen LogP contribution is -2.36. The summed E-state index contributed by atoms with van der Waals surface area (Å²) in [5.41, 5.74) is 5.47. The molecular weight excluding hydrogens is 168 g/mol. The number of carbonyl (C=O) groups is 1. The molecule has 1 heterocycles. The van der Waals surface area contributed by atoms with Crippen molar-refractivity contribution in [1.82, 2.24) is 4.90 Å². The van der Waals surface area contributed by atoms with E-state index in [4.69, 9.17) is 10.8 Å². The molecule has 1 aliphatic heterocycles. The first-order valence-electron chi connectivity index (χ1n) is 4.76. The van der Waals surface area contributed by atoms with Gasteiger partial charge in [-0.1, -0.05) is 0 Å². The molecule has 1 fully saturated rings. The number of hydrogen-bond acceptors (Lipinski definition) is 3. The van der Waals surface area contributed by atoms with Crippen LogP contribution in [0.25, 0.3) is 0 Å². The van der Waals surface area contributed by atoms with Gasteiger partial charge in [-0.2, -0.15) is 0 Å². The average molecular weight is 186 g/mol. The van der Waals surface area contributed by atoms with Gasteiger partial charge < -0.3 is 15.7 Å². The smallest absolute Gasteiger partial charge is 0.320 e. The molecule has 13 heavy (non-hydrogen) atoms. The third-order valence-electron chi connectivity index (χ3n) is 2.74. The highest BCUT2D eigenvalue weighted by Crippen LogP contribution is 2.20. The van der Waals surface area contributed by atoms with Crippen molar-refractivity contribution in [2.45, 2.75) is 25.3 Å². The van der Waals surface area contributed by atoms with E-state index in [9.17, 15) is 4.79 Å². The zero-order valence-electron chi connectivity index (χ0n) is 8.07. The van der Waals surface area contributed by atoms with Crippen molar-refractivity contribution in [3.8, 4) is 0 Å². The van der Waals surface area contributed by atoms with Gasteiger partial charge in [-0.15, -0.1) is 0 Å². The molecule has 0 aliphatic carbocycles. The maximum absolute atomic E-state index is 10.5. The van der Waals surface area contributed by atoms with Crippen molar-refractivity contribution >= 4 is 5.97 Å². The summed E-state index contributed by atoms with van der Waals surface area (Å²) in [5.74, 6) is -0.374. The van der Waals surface area contributed by atoms with Crippen molar-refractivity contribution in [2.75, 3.05) is 20.1 Å². The summed E-state index contributed by atoms with van der Waals surface area (Å²) < 4.78 is 0. The second kappa shape index (κ2) is 4.58. The molecule has 1 atom stereocenters. The van der Waals surface area contributed by atoms with Gasteiger partial charge >= 0.3 is 5.97 Å². The van der Waals surface area contributed by atoms with Crippen LogP contribution in [0.1, 0.15) is 19.3 Å². The quantitative estimate of drug-likeness (QED) is 0.657. The number of aliphatic carboxylic acids is 1. The van der Waals surface area contributed by atoms with E-state index in [0.29, 0.717) is 12.3 Å². The van der Waals surface area contributed by atoms with Gasteiger partial charge in [0, 0.05) is 0 Å². The van der Waals surface area contributed by atoms with Gasteiger partial charge in [0.05, 0.1) is 0 Å². The molecule has 76 valence electrons. The molecule has 4 nitrogen and oxygen atoms in total. The lowest BCUT2D eigenvalue weighted by atomic mass is 9.91. The topological polar surface area (TPSA) is 66.6 Å². The number of likely N-dealkylation sites (tertiary alicyclic amines) is 1. The molecule has 0 aromatic heterocycles. The van der Waals surface area contributed by atoms with Crippen LogP contribution in [0.3, 0.4) is 0 Å². The van der Waals surface area contributed by atoms with E-state index >= 15 is 0 Å². The largest absolute Gasteiger partial charge is 0.480 e. The molecule has 0 spiro atoms. The summed E-state index contributed by atoms with van der Waals surface area (Å²) in [4.78, 5) is 12.8. The number of rotatable bonds is 3. The number of carboxylic acid groups (broad SMARTS) is 1. The molecular formula is C9H18N2O2. The Hall–Kier alpha value is -0.610. The van der Waals surface area contributed by atoms with Gasteiger partial charge in [-0.3, -0.25) is 4.79 Å². The predicted molar refractivity (Wildman–Crippen MR) is 50.4 cm³/mol.